The van der Waals surface area contributed by atoms with Gasteiger partial charge in [-0.2, -0.15) is 0 Å². The van der Waals surface area contributed by atoms with Crippen molar-refractivity contribution in [2.75, 3.05) is 23.3 Å². The lowest BCUT2D eigenvalue weighted by molar-refractivity contribution is -0.116. The number of halogens is 1. The number of rotatable bonds is 5. The second-order valence-corrected chi connectivity index (χ2v) is 7.50. The SMILES string of the molecule is NC1C(=O)Nc2cc(N(CC3CC3)CC3CC3)c(Br)cc21. The predicted molar refractivity (Wildman–Crippen MR) is 87.4 cm³/mol. The van der Waals surface area contributed by atoms with E-state index in [9.17, 15) is 4.79 Å². The van der Waals surface area contributed by atoms with Crippen molar-refractivity contribution in [2.45, 2.75) is 31.7 Å². The topological polar surface area (TPSA) is 58.4 Å². The molecule has 4 rings (SSSR count). The molecule has 1 heterocycles. The van der Waals surface area contributed by atoms with Gasteiger partial charge in [0.15, 0.2) is 0 Å². The number of carbonyl (C=O) groups excluding carboxylic acids is 1. The fourth-order valence-electron chi connectivity index (χ4n) is 3.03. The van der Waals surface area contributed by atoms with E-state index in [1.807, 2.05) is 6.07 Å². The highest BCUT2D eigenvalue weighted by atomic mass is 79.9. The van der Waals surface area contributed by atoms with Crippen molar-refractivity contribution in [3.05, 3.63) is 22.2 Å². The van der Waals surface area contributed by atoms with E-state index in [4.69, 9.17) is 5.73 Å². The summed E-state index contributed by atoms with van der Waals surface area (Å²) < 4.78 is 1.05. The highest BCUT2D eigenvalue weighted by Gasteiger charge is 2.32. The molecule has 1 atom stereocenters. The number of nitrogens with one attached hydrogen (secondary N) is 1. The molecule has 2 aliphatic carbocycles. The number of hydrogen-bond donors (Lipinski definition) is 2. The lowest BCUT2D eigenvalue weighted by atomic mass is 10.1. The van der Waals surface area contributed by atoms with Crippen molar-refractivity contribution in [1.82, 2.24) is 0 Å². The molecule has 5 heteroatoms. The van der Waals surface area contributed by atoms with Crippen LogP contribution in [0.1, 0.15) is 37.3 Å². The van der Waals surface area contributed by atoms with Gasteiger partial charge in [0.25, 0.3) is 0 Å². The number of hydrogen-bond acceptors (Lipinski definition) is 3. The van der Waals surface area contributed by atoms with Crippen LogP contribution in [0, 0.1) is 11.8 Å². The highest BCUT2D eigenvalue weighted by molar-refractivity contribution is 9.10. The minimum Gasteiger partial charge on any atom is -0.370 e. The van der Waals surface area contributed by atoms with Crippen molar-refractivity contribution < 1.29 is 4.79 Å². The first-order valence-corrected chi connectivity index (χ1v) is 8.56. The summed E-state index contributed by atoms with van der Waals surface area (Å²) in [6.07, 6.45) is 5.41. The smallest absolute Gasteiger partial charge is 0.245 e. The lowest BCUT2D eigenvalue weighted by Gasteiger charge is -2.27. The summed E-state index contributed by atoms with van der Waals surface area (Å²) in [5, 5.41) is 2.90. The third kappa shape index (κ3) is 2.69. The lowest BCUT2D eigenvalue weighted by Crippen LogP contribution is -2.28. The van der Waals surface area contributed by atoms with Crippen LogP contribution in [0.15, 0.2) is 16.6 Å². The second-order valence-electron chi connectivity index (χ2n) is 6.65. The van der Waals surface area contributed by atoms with E-state index in [0.29, 0.717) is 0 Å². The van der Waals surface area contributed by atoms with Crippen molar-refractivity contribution in [1.29, 1.82) is 0 Å². The van der Waals surface area contributed by atoms with Crippen LogP contribution in [0.4, 0.5) is 11.4 Å². The molecular formula is C16H20BrN3O. The van der Waals surface area contributed by atoms with E-state index in [1.165, 1.54) is 31.4 Å². The molecule has 1 aromatic rings. The van der Waals surface area contributed by atoms with Crippen LogP contribution in [0.5, 0.6) is 0 Å². The summed E-state index contributed by atoms with van der Waals surface area (Å²) in [6, 6.07) is 3.57. The maximum atomic E-state index is 11.7. The molecule has 0 saturated heterocycles. The summed E-state index contributed by atoms with van der Waals surface area (Å²) in [5.74, 6) is 1.59. The van der Waals surface area contributed by atoms with Crippen LogP contribution in [-0.2, 0) is 4.79 Å². The third-order valence-corrected chi connectivity index (χ3v) is 5.32. The largest absolute Gasteiger partial charge is 0.370 e. The van der Waals surface area contributed by atoms with Crippen LogP contribution in [0.3, 0.4) is 0 Å². The molecule has 3 N–H and O–H groups in total. The van der Waals surface area contributed by atoms with Crippen LogP contribution >= 0.6 is 15.9 Å². The number of carbonyl (C=O) groups is 1. The van der Waals surface area contributed by atoms with Gasteiger partial charge in [-0.05, 0) is 65.6 Å². The first-order chi connectivity index (χ1) is 10.1. The fourth-order valence-corrected chi connectivity index (χ4v) is 3.64. The van der Waals surface area contributed by atoms with Crippen LogP contribution in [0.25, 0.3) is 0 Å². The Hall–Kier alpha value is -1.07. The predicted octanol–water partition coefficient (Wildman–Crippen LogP) is 3.03. The van der Waals surface area contributed by atoms with Crippen LogP contribution in [0.2, 0.25) is 0 Å². The monoisotopic (exact) mass is 349 g/mol. The molecular weight excluding hydrogens is 330 g/mol. The molecule has 1 amide bonds. The zero-order valence-corrected chi connectivity index (χ0v) is 13.5. The first-order valence-electron chi connectivity index (χ1n) is 7.76. The quantitative estimate of drug-likeness (QED) is 0.858. The maximum absolute atomic E-state index is 11.7. The number of amides is 1. The van der Waals surface area contributed by atoms with E-state index >= 15 is 0 Å². The van der Waals surface area contributed by atoms with E-state index in [2.05, 4.69) is 32.2 Å². The van der Waals surface area contributed by atoms with Crippen molar-refractivity contribution >= 4 is 33.2 Å². The minimum atomic E-state index is -0.536. The zero-order valence-electron chi connectivity index (χ0n) is 11.9. The minimum absolute atomic E-state index is 0.106. The van der Waals surface area contributed by atoms with Gasteiger partial charge in [0.05, 0.1) is 5.69 Å². The molecule has 3 aliphatic rings. The van der Waals surface area contributed by atoms with Gasteiger partial charge in [-0.3, -0.25) is 4.79 Å². The average molecular weight is 350 g/mol. The molecule has 2 saturated carbocycles. The van der Waals surface area contributed by atoms with Gasteiger partial charge < -0.3 is 16.0 Å². The Morgan fingerprint density at radius 1 is 1.19 bits per heavy atom. The Bertz CT molecular complexity index is 581. The van der Waals surface area contributed by atoms with E-state index in [0.717, 1.165) is 40.6 Å². The first kappa shape index (κ1) is 13.6. The molecule has 4 nitrogen and oxygen atoms in total. The van der Waals surface area contributed by atoms with Gasteiger partial charge >= 0.3 is 0 Å². The van der Waals surface area contributed by atoms with Gasteiger partial charge in [0.2, 0.25) is 5.91 Å². The van der Waals surface area contributed by atoms with Gasteiger partial charge in [0.1, 0.15) is 6.04 Å². The normalized spacial score (nSPS) is 23.9. The van der Waals surface area contributed by atoms with Crippen molar-refractivity contribution in [2.24, 2.45) is 17.6 Å². The van der Waals surface area contributed by atoms with Crippen LogP contribution in [-0.4, -0.2) is 19.0 Å². The van der Waals surface area contributed by atoms with E-state index in [-0.39, 0.29) is 5.91 Å². The molecule has 21 heavy (non-hydrogen) atoms. The Morgan fingerprint density at radius 3 is 2.38 bits per heavy atom. The second kappa shape index (κ2) is 4.99. The number of benzene rings is 1. The summed E-state index contributed by atoms with van der Waals surface area (Å²) in [6.45, 7) is 2.27. The van der Waals surface area contributed by atoms with Gasteiger partial charge in [-0.15, -0.1) is 0 Å². The highest BCUT2D eigenvalue weighted by Crippen LogP contribution is 2.42. The Kier molecular flexibility index (Phi) is 3.23. The van der Waals surface area contributed by atoms with E-state index in [1.54, 1.807) is 0 Å². The molecule has 2 fully saturated rings. The summed E-state index contributed by atoms with van der Waals surface area (Å²) in [4.78, 5) is 14.2. The summed E-state index contributed by atoms with van der Waals surface area (Å²) in [5.41, 5.74) is 8.89. The van der Waals surface area contributed by atoms with Gasteiger partial charge in [-0.1, -0.05) is 0 Å². The molecule has 0 radical (unpaired) electrons. The molecule has 0 spiro atoms. The average Bonchev–Trinajstić information content (AvgIpc) is 3.34. The summed E-state index contributed by atoms with van der Waals surface area (Å²) in [7, 11) is 0. The Morgan fingerprint density at radius 2 is 1.81 bits per heavy atom. The molecule has 0 bridgehead atoms. The third-order valence-electron chi connectivity index (χ3n) is 4.69. The van der Waals surface area contributed by atoms with Gasteiger partial charge in [0, 0.05) is 28.8 Å². The van der Waals surface area contributed by atoms with E-state index < -0.39 is 6.04 Å². The molecule has 112 valence electrons. The van der Waals surface area contributed by atoms with Crippen LogP contribution < -0.4 is 16.0 Å². The number of anilines is 2. The molecule has 1 aliphatic heterocycles. The number of nitrogens with zero attached hydrogens (tertiary/aromatic N) is 1. The maximum Gasteiger partial charge on any atom is 0.245 e. The molecule has 1 unspecified atom stereocenters. The number of nitrogens with two attached hydrogens (primary N) is 1. The van der Waals surface area contributed by atoms with Crippen molar-refractivity contribution in [3.8, 4) is 0 Å². The number of fused-ring (bicyclic) bond motifs is 1. The molecule has 0 aromatic heterocycles. The Labute approximate surface area is 133 Å². The summed E-state index contributed by atoms with van der Waals surface area (Å²) >= 11 is 3.68. The standard InChI is InChI=1S/C16H20BrN3O/c17-12-5-11-13(19-16(21)15(11)18)6-14(12)20(7-9-1-2-9)8-10-3-4-10/h5-6,9-10,15H,1-4,7-8,18H2,(H,19,21). The molecule has 1 aromatic carbocycles. The van der Waals surface area contributed by atoms with Crippen molar-refractivity contribution in [3.63, 3.8) is 0 Å². The fraction of sp³-hybridized carbons (Fsp3) is 0.562. The van der Waals surface area contributed by atoms with Gasteiger partial charge in [-0.25, -0.2) is 0 Å². The zero-order chi connectivity index (χ0) is 14.6. The Balaban J connectivity index is 1.65.